The zero-order valence-corrected chi connectivity index (χ0v) is 16.8. The molecular formula is C20H24N4O3S. The van der Waals surface area contributed by atoms with Crippen molar-refractivity contribution in [3.8, 4) is 17.2 Å². The molecule has 1 aromatic heterocycles. The van der Waals surface area contributed by atoms with Gasteiger partial charge in [0.25, 0.3) is 0 Å². The monoisotopic (exact) mass is 400 g/mol. The van der Waals surface area contributed by atoms with Crippen LogP contribution >= 0.6 is 11.8 Å². The van der Waals surface area contributed by atoms with Crippen molar-refractivity contribution in [2.45, 2.75) is 18.5 Å². The summed E-state index contributed by atoms with van der Waals surface area (Å²) < 4.78 is 17.9. The molecule has 0 saturated heterocycles. The largest absolute Gasteiger partial charge is 0.497 e. The minimum absolute atomic E-state index is 0.541. The van der Waals surface area contributed by atoms with Gasteiger partial charge in [0, 0.05) is 12.2 Å². The number of thioether (sulfide) groups is 1. The van der Waals surface area contributed by atoms with E-state index in [0.717, 1.165) is 22.8 Å². The summed E-state index contributed by atoms with van der Waals surface area (Å²) in [7, 11) is 1.65. The summed E-state index contributed by atoms with van der Waals surface area (Å²) in [5, 5.41) is 9.04. The lowest BCUT2D eigenvalue weighted by molar-refractivity contribution is 0.332. The predicted octanol–water partition coefficient (Wildman–Crippen LogP) is 3.16. The van der Waals surface area contributed by atoms with Crippen LogP contribution in [-0.4, -0.2) is 40.9 Å². The van der Waals surface area contributed by atoms with Crippen LogP contribution in [0.1, 0.15) is 18.3 Å². The Balaban J connectivity index is 1.47. The summed E-state index contributed by atoms with van der Waals surface area (Å²) in [4.78, 5) is 0. The van der Waals surface area contributed by atoms with Gasteiger partial charge in [-0.3, -0.25) is 0 Å². The van der Waals surface area contributed by atoms with Gasteiger partial charge in [-0.15, -0.1) is 10.2 Å². The van der Waals surface area contributed by atoms with Crippen molar-refractivity contribution in [2.24, 2.45) is 0 Å². The smallest absolute Gasteiger partial charge is 0.209 e. The first kappa shape index (κ1) is 19.9. The highest BCUT2D eigenvalue weighted by atomic mass is 32.2. The number of nitrogen functional groups attached to an aromatic ring is 1. The Hall–Kier alpha value is -2.87. The average Bonchev–Trinajstić information content (AvgIpc) is 3.07. The first-order valence-electron chi connectivity index (χ1n) is 9.00. The van der Waals surface area contributed by atoms with E-state index in [2.05, 4.69) is 10.2 Å². The summed E-state index contributed by atoms with van der Waals surface area (Å²) >= 11 is 1.51. The van der Waals surface area contributed by atoms with Crippen LogP contribution in [0.4, 0.5) is 0 Å². The second-order valence-corrected chi connectivity index (χ2v) is 6.96. The van der Waals surface area contributed by atoms with Crippen molar-refractivity contribution >= 4 is 11.8 Å². The molecule has 0 aliphatic carbocycles. The third-order valence-electron chi connectivity index (χ3n) is 3.97. The Morgan fingerprint density at radius 2 is 1.57 bits per heavy atom. The van der Waals surface area contributed by atoms with Crippen molar-refractivity contribution in [3.63, 3.8) is 0 Å². The van der Waals surface area contributed by atoms with Gasteiger partial charge in [0.05, 0.1) is 20.3 Å². The van der Waals surface area contributed by atoms with Crippen LogP contribution < -0.4 is 20.1 Å². The molecule has 148 valence electrons. The number of rotatable bonds is 10. The maximum absolute atomic E-state index is 6.14. The van der Waals surface area contributed by atoms with Crippen LogP contribution in [0.3, 0.4) is 0 Å². The fraction of sp³-hybridized carbons (Fsp3) is 0.300. The van der Waals surface area contributed by atoms with Gasteiger partial charge in [-0.2, -0.15) is 0 Å². The molecule has 0 radical (unpaired) electrons. The van der Waals surface area contributed by atoms with Crippen molar-refractivity contribution in [3.05, 3.63) is 59.9 Å². The highest BCUT2D eigenvalue weighted by Crippen LogP contribution is 2.20. The quantitative estimate of drug-likeness (QED) is 0.318. The molecule has 28 heavy (non-hydrogen) atoms. The fourth-order valence-electron chi connectivity index (χ4n) is 2.54. The van der Waals surface area contributed by atoms with E-state index in [4.69, 9.17) is 20.1 Å². The first-order chi connectivity index (χ1) is 13.7. The number of methoxy groups -OCH3 is 1. The number of aromatic nitrogens is 3. The molecule has 8 heteroatoms. The van der Waals surface area contributed by atoms with Crippen LogP contribution in [0.25, 0.3) is 0 Å². The van der Waals surface area contributed by atoms with E-state index < -0.39 is 0 Å². The van der Waals surface area contributed by atoms with E-state index in [1.165, 1.54) is 16.4 Å². The molecule has 0 fully saturated rings. The third kappa shape index (κ3) is 5.32. The molecule has 0 amide bonds. The lowest BCUT2D eigenvalue weighted by atomic mass is 10.1. The summed E-state index contributed by atoms with van der Waals surface area (Å²) in [6, 6.07) is 15.4. The van der Waals surface area contributed by atoms with E-state index in [1.807, 2.05) is 55.5 Å². The summed E-state index contributed by atoms with van der Waals surface area (Å²) in [6.45, 7) is 3.15. The van der Waals surface area contributed by atoms with Gasteiger partial charge in [0.2, 0.25) is 5.16 Å². The van der Waals surface area contributed by atoms with E-state index >= 15 is 0 Å². The average molecular weight is 401 g/mol. The highest BCUT2D eigenvalue weighted by Gasteiger charge is 2.11. The van der Waals surface area contributed by atoms with Crippen molar-refractivity contribution < 1.29 is 14.2 Å². The molecule has 3 aromatic rings. The number of hydrogen-bond acceptors (Lipinski definition) is 7. The van der Waals surface area contributed by atoms with E-state index in [9.17, 15) is 0 Å². The molecule has 2 N–H and O–H groups in total. The Morgan fingerprint density at radius 3 is 2.21 bits per heavy atom. The van der Waals surface area contributed by atoms with Crippen molar-refractivity contribution in [1.29, 1.82) is 0 Å². The van der Waals surface area contributed by atoms with Crippen molar-refractivity contribution in [1.82, 2.24) is 14.9 Å². The first-order valence-corrected chi connectivity index (χ1v) is 9.99. The molecule has 1 heterocycles. The maximum atomic E-state index is 6.14. The van der Waals surface area contributed by atoms with Crippen LogP contribution in [0.5, 0.6) is 17.2 Å². The molecule has 7 nitrogen and oxygen atoms in total. The van der Waals surface area contributed by atoms with Gasteiger partial charge in [-0.05, 0) is 48.9 Å². The predicted molar refractivity (Wildman–Crippen MR) is 110 cm³/mol. The van der Waals surface area contributed by atoms with Crippen LogP contribution in [0, 0.1) is 0 Å². The zero-order valence-electron chi connectivity index (χ0n) is 16.0. The fourth-order valence-corrected chi connectivity index (χ4v) is 3.24. The second-order valence-electron chi connectivity index (χ2n) is 5.89. The number of benzene rings is 2. The summed E-state index contributed by atoms with van der Waals surface area (Å²) in [6.07, 6.45) is 0.608. The molecule has 0 saturated carbocycles. The van der Waals surface area contributed by atoms with Gasteiger partial charge >= 0.3 is 0 Å². The number of ether oxygens (including phenoxy) is 3. The molecule has 2 aromatic carbocycles. The molecule has 0 atom stereocenters. The topological polar surface area (TPSA) is 84.4 Å². The van der Waals surface area contributed by atoms with E-state index in [1.54, 1.807) is 7.11 Å². The lowest BCUT2D eigenvalue weighted by Gasteiger charge is -2.08. The molecule has 3 rings (SSSR count). The normalized spacial score (nSPS) is 10.6. The van der Waals surface area contributed by atoms with Crippen molar-refractivity contribution in [2.75, 3.05) is 31.9 Å². The maximum Gasteiger partial charge on any atom is 0.209 e. The van der Waals surface area contributed by atoms with E-state index in [-0.39, 0.29) is 0 Å². The molecule has 0 aliphatic rings. The van der Waals surface area contributed by atoms with Crippen LogP contribution in [0.2, 0.25) is 0 Å². The number of hydrogen-bond donors (Lipinski definition) is 1. The molecule has 0 spiro atoms. The Bertz CT molecular complexity index is 866. The highest BCUT2D eigenvalue weighted by molar-refractivity contribution is 7.99. The van der Waals surface area contributed by atoms with Gasteiger partial charge < -0.3 is 20.1 Å². The van der Waals surface area contributed by atoms with Gasteiger partial charge in [-0.1, -0.05) is 23.9 Å². The molecular weight excluding hydrogens is 376 g/mol. The lowest BCUT2D eigenvalue weighted by Crippen LogP contribution is -2.15. The van der Waals surface area contributed by atoms with Gasteiger partial charge in [-0.25, -0.2) is 4.68 Å². The zero-order chi connectivity index (χ0) is 19.8. The van der Waals surface area contributed by atoms with Crippen LogP contribution in [0.15, 0.2) is 53.7 Å². The SMILES string of the molecule is CCOc1ccc(OCCSc2nnc(Cc3ccc(OC)cc3)n2N)cc1. The Kier molecular flexibility index (Phi) is 7.02. The molecule has 0 aliphatic heterocycles. The summed E-state index contributed by atoms with van der Waals surface area (Å²) in [5.74, 6) is 10.0. The third-order valence-corrected chi connectivity index (χ3v) is 4.88. The molecule has 0 bridgehead atoms. The van der Waals surface area contributed by atoms with E-state index in [0.29, 0.717) is 36.4 Å². The standard InChI is InChI=1S/C20H24N4O3S/c1-3-26-17-8-10-18(11-9-17)27-12-13-28-20-23-22-19(24(20)21)14-15-4-6-16(25-2)7-5-15/h4-11H,3,12-14,21H2,1-2H3. The second kappa shape index (κ2) is 9.89. The minimum Gasteiger partial charge on any atom is -0.497 e. The van der Waals surface area contributed by atoms with Gasteiger partial charge in [0.15, 0.2) is 5.82 Å². The van der Waals surface area contributed by atoms with Gasteiger partial charge in [0.1, 0.15) is 17.2 Å². The van der Waals surface area contributed by atoms with Crippen LogP contribution in [-0.2, 0) is 6.42 Å². The number of nitrogens with two attached hydrogens (primary N) is 1. The summed E-state index contributed by atoms with van der Waals surface area (Å²) in [5.41, 5.74) is 1.09. The molecule has 0 unspecified atom stereocenters. The number of nitrogens with zero attached hydrogens (tertiary/aromatic N) is 3. The Morgan fingerprint density at radius 1 is 0.929 bits per heavy atom. The minimum atomic E-state index is 0.541. The Labute approximate surface area is 168 Å².